The molecule has 3 nitrogen and oxygen atoms in total. The Morgan fingerprint density at radius 1 is 1.29 bits per heavy atom. The third-order valence-corrected chi connectivity index (χ3v) is 1.98. The lowest BCUT2D eigenvalue weighted by molar-refractivity contribution is 0.122. The van der Waals surface area contributed by atoms with Gasteiger partial charge >= 0.3 is 0 Å². The highest BCUT2D eigenvalue weighted by molar-refractivity contribution is 5.28. The average molecular weight is 195 g/mol. The molecule has 0 radical (unpaired) electrons. The molecule has 3 heteroatoms. The van der Waals surface area contributed by atoms with Gasteiger partial charge in [0, 0.05) is 6.42 Å². The Hall–Kier alpha value is -1.06. The maximum absolute atomic E-state index is 5.52. The van der Waals surface area contributed by atoms with E-state index in [0.29, 0.717) is 13.2 Å². The summed E-state index contributed by atoms with van der Waals surface area (Å²) in [4.78, 5) is 4.44. The lowest BCUT2D eigenvalue weighted by atomic mass is 10.2. The van der Waals surface area contributed by atoms with Crippen LogP contribution in [-0.4, -0.2) is 13.2 Å². The number of hydrogen-bond donors (Lipinski definition) is 1. The number of ether oxygens (including phenoxy) is 1. The molecule has 14 heavy (non-hydrogen) atoms. The molecule has 0 saturated heterocycles. The van der Waals surface area contributed by atoms with E-state index in [2.05, 4.69) is 23.9 Å². The van der Waals surface area contributed by atoms with Gasteiger partial charge < -0.3 is 9.57 Å². The fraction of sp³-hybridized carbons (Fsp3) is 0.455. The third-order valence-electron chi connectivity index (χ3n) is 1.98. The SMILES string of the molecule is CCc1cccc(OCCCON)c1. The van der Waals surface area contributed by atoms with E-state index in [9.17, 15) is 0 Å². The monoisotopic (exact) mass is 195 g/mol. The van der Waals surface area contributed by atoms with E-state index in [1.165, 1.54) is 5.56 Å². The first kappa shape index (κ1) is 11.0. The summed E-state index contributed by atoms with van der Waals surface area (Å²) in [6, 6.07) is 8.12. The molecule has 0 amide bonds. The summed E-state index contributed by atoms with van der Waals surface area (Å²) in [5.74, 6) is 5.82. The van der Waals surface area contributed by atoms with Gasteiger partial charge in [-0.05, 0) is 24.1 Å². The molecular weight excluding hydrogens is 178 g/mol. The van der Waals surface area contributed by atoms with E-state index >= 15 is 0 Å². The zero-order valence-electron chi connectivity index (χ0n) is 8.53. The van der Waals surface area contributed by atoms with Crippen LogP contribution in [0.3, 0.4) is 0 Å². The van der Waals surface area contributed by atoms with Gasteiger partial charge in [0.25, 0.3) is 0 Å². The van der Waals surface area contributed by atoms with Gasteiger partial charge in [0.1, 0.15) is 5.75 Å². The van der Waals surface area contributed by atoms with Crippen molar-refractivity contribution in [3.63, 3.8) is 0 Å². The molecule has 1 rings (SSSR count). The van der Waals surface area contributed by atoms with Crippen LogP contribution in [0.1, 0.15) is 18.9 Å². The summed E-state index contributed by atoms with van der Waals surface area (Å²) in [7, 11) is 0. The highest BCUT2D eigenvalue weighted by atomic mass is 16.6. The lowest BCUT2D eigenvalue weighted by Crippen LogP contribution is -2.06. The van der Waals surface area contributed by atoms with Crippen molar-refractivity contribution < 1.29 is 9.57 Å². The predicted octanol–water partition coefficient (Wildman–Crippen LogP) is 1.91. The minimum absolute atomic E-state index is 0.535. The molecule has 2 N–H and O–H groups in total. The number of rotatable bonds is 6. The van der Waals surface area contributed by atoms with Crippen molar-refractivity contribution in [1.29, 1.82) is 0 Å². The van der Waals surface area contributed by atoms with Crippen LogP contribution in [0.2, 0.25) is 0 Å². The molecule has 1 aromatic carbocycles. The number of hydrogen-bond acceptors (Lipinski definition) is 3. The van der Waals surface area contributed by atoms with Crippen LogP contribution in [-0.2, 0) is 11.3 Å². The second-order valence-electron chi connectivity index (χ2n) is 3.07. The molecule has 1 aromatic rings. The van der Waals surface area contributed by atoms with Gasteiger partial charge in [0.05, 0.1) is 13.2 Å². The van der Waals surface area contributed by atoms with E-state index in [0.717, 1.165) is 18.6 Å². The number of aryl methyl sites for hydroxylation is 1. The van der Waals surface area contributed by atoms with Crippen molar-refractivity contribution >= 4 is 0 Å². The van der Waals surface area contributed by atoms with Gasteiger partial charge in [-0.3, -0.25) is 0 Å². The maximum Gasteiger partial charge on any atom is 0.119 e. The van der Waals surface area contributed by atoms with Gasteiger partial charge in [0.2, 0.25) is 0 Å². The molecule has 0 heterocycles. The highest BCUT2D eigenvalue weighted by Gasteiger charge is 1.95. The van der Waals surface area contributed by atoms with Gasteiger partial charge in [-0.25, -0.2) is 5.90 Å². The van der Waals surface area contributed by atoms with Crippen LogP contribution in [0.5, 0.6) is 5.75 Å². The summed E-state index contributed by atoms with van der Waals surface area (Å²) in [6.07, 6.45) is 1.84. The van der Waals surface area contributed by atoms with Gasteiger partial charge in [0.15, 0.2) is 0 Å². The van der Waals surface area contributed by atoms with Crippen molar-refractivity contribution in [3.8, 4) is 5.75 Å². The van der Waals surface area contributed by atoms with Gasteiger partial charge in [-0.1, -0.05) is 19.1 Å². The molecule has 78 valence electrons. The molecule has 0 unspecified atom stereocenters. The Balaban J connectivity index is 2.34. The fourth-order valence-corrected chi connectivity index (χ4v) is 1.19. The quantitative estimate of drug-likeness (QED) is 0.557. The van der Waals surface area contributed by atoms with Crippen LogP contribution in [0.15, 0.2) is 24.3 Å². The van der Waals surface area contributed by atoms with Crippen molar-refractivity contribution in [2.75, 3.05) is 13.2 Å². The minimum Gasteiger partial charge on any atom is -0.493 e. The van der Waals surface area contributed by atoms with Crippen LogP contribution >= 0.6 is 0 Å². The Morgan fingerprint density at radius 2 is 2.14 bits per heavy atom. The molecule has 0 aliphatic heterocycles. The van der Waals surface area contributed by atoms with Crippen LogP contribution in [0.4, 0.5) is 0 Å². The molecule has 0 saturated carbocycles. The fourth-order valence-electron chi connectivity index (χ4n) is 1.19. The zero-order chi connectivity index (χ0) is 10.2. The molecular formula is C11H17NO2. The summed E-state index contributed by atoms with van der Waals surface area (Å²) >= 11 is 0. The highest BCUT2D eigenvalue weighted by Crippen LogP contribution is 2.13. The van der Waals surface area contributed by atoms with Gasteiger partial charge in [-0.2, -0.15) is 0 Å². The van der Waals surface area contributed by atoms with Crippen molar-refractivity contribution in [2.45, 2.75) is 19.8 Å². The third kappa shape index (κ3) is 3.77. The first-order chi connectivity index (χ1) is 6.86. The van der Waals surface area contributed by atoms with Crippen LogP contribution in [0.25, 0.3) is 0 Å². The molecule has 0 bridgehead atoms. The maximum atomic E-state index is 5.52. The summed E-state index contributed by atoms with van der Waals surface area (Å²) < 4.78 is 5.52. The summed E-state index contributed by atoms with van der Waals surface area (Å²) in [5.41, 5.74) is 1.29. The first-order valence-electron chi connectivity index (χ1n) is 4.90. The zero-order valence-corrected chi connectivity index (χ0v) is 8.53. The van der Waals surface area contributed by atoms with E-state index in [1.54, 1.807) is 0 Å². The second kappa shape index (κ2) is 6.40. The lowest BCUT2D eigenvalue weighted by Gasteiger charge is -2.06. The second-order valence-corrected chi connectivity index (χ2v) is 3.07. The molecule has 0 aliphatic rings. The van der Waals surface area contributed by atoms with Crippen LogP contribution in [0, 0.1) is 0 Å². The smallest absolute Gasteiger partial charge is 0.119 e. The van der Waals surface area contributed by atoms with Crippen molar-refractivity contribution in [1.82, 2.24) is 0 Å². The normalized spacial score (nSPS) is 10.1. The molecule has 0 aromatic heterocycles. The Morgan fingerprint density at radius 3 is 2.86 bits per heavy atom. The van der Waals surface area contributed by atoms with Crippen molar-refractivity contribution in [3.05, 3.63) is 29.8 Å². The first-order valence-corrected chi connectivity index (χ1v) is 4.90. The van der Waals surface area contributed by atoms with E-state index in [4.69, 9.17) is 10.6 Å². The number of benzene rings is 1. The summed E-state index contributed by atoms with van der Waals surface area (Å²) in [6.45, 7) is 3.30. The topological polar surface area (TPSA) is 44.5 Å². The van der Waals surface area contributed by atoms with E-state index < -0.39 is 0 Å². The van der Waals surface area contributed by atoms with Crippen LogP contribution < -0.4 is 10.6 Å². The largest absolute Gasteiger partial charge is 0.493 e. The van der Waals surface area contributed by atoms with E-state index in [1.807, 2.05) is 12.1 Å². The summed E-state index contributed by atoms with van der Waals surface area (Å²) in [5, 5.41) is 0. The minimum atomic E-state index is 0.535. The Bertz CT molecular complexity index is 263. The average Bonchev–Trinajstić information content (AvgIpc) is 2.25. The molecule has 0 aliphatic carbocycles. The predicted molar refractivity (Wildman–Crippen MR) is 56.1 cm³/mol. The molecule has 0 spiro atoms. The van der Waals surface area contributed by atoms with Gasteiger partial charge in [-0.15, -0.1) is 0 Å². The Labute approximate surface area is 84.8 Å². The van der Waals surface area contributed by atoms with Crippen molar-refractivity contribution in [2.24, 2.45) is 5.90 Å². The molecule has 0 fully saturated rings. The van der Waals surface area contributed by atoms with E-state index in [-0.39, 0.29) is 0 Å². The standard InChI is InChI=1S/C11H17NO2/c1-2-10-5-3-6-11(9-10)13-7-4-8-14-12/h3,5-6,9H,2,4,7-8,12H2,1H3. The number of nitrogens with two attached hydrogens (primary N) is 1. The molecule has 0 atom stereocenters. The Kier molecular flexibility index (Phi) is 5.04.